The summed E-state index contributed by atoms with van der Waals surface area (Å²) in [5, 5.41) is 20.2. The van der Waals surface area contributed by atoms with Crippen molar-refractivity contribution in [1.82, 2.24) is 0 Å². The zero-order valence-electron chi connectivity index (χ0n) is 19.0. The zero-order valence-corrected chi connectivity index (χ0v) is 19.0. The zero-order chi connectivity index (χ0) is 21.8. The lowest BCUT2D eigenvalue weighted by Gasteiger charge is -2.46. The van der Waals surface area contributed by atoms with Crippen LogP contribution in [0.4, 0.5) is 0 Å². The van der Waals surface area contributed by atoms with Crippen LogP contribution in [0.25, 0.3) is 0 Å². The van der Waals surface area contributed by atoms with E-state index in [2.05, 4.69) is 13.8 Å². The van der Waals surface area contributed by atoms with E-state index in [9.17, 15) is 19.8 Å². The molecule has 0 spiro atoms. The van der Waals surface area contributed by atoms with Crippen LogP contribution in [-0.4, -0.2) is 22.2 Å². The van der Waals surface area contributed by atoms with Gasteiger partial charge in [0.1, 0.15) is 0 Å². The molecule has 1 rings (SSSR count). The number of carboxylic acid groups (broad SMARTS) is 2. The van der Waals surface area contributed by atoms with Gasteiger partial charge in [0.05, 0.1) is 10.8 Å². The van der Waals surface area contributed by atoms with E-state index in [1.807, 2.05) is 19.1 Å². The second kappa shape index (κ2) is 13.1. The van der Waals surface area contributed by atoms with Crippen LogP contribution in [0.2, 0.25) is 0 Å². The standard InChI is InChI=1S/C25H44O4/c1-4-5-17-24(22(26)27)19-14-15-20-25(24,23(28)29)18-13-11-9-7-6-8-10-12-16-21(2)3/h14-15,21H,4-13,16-20H2,1-3H3,(H,26,27)(H,28,29). The molecule has 0 radical (unpaired) electrons. The van der Waals surface area contributed by atoms with Crippen molar-refractivity contribution in [2.75, 3.05) is 0 Å². The maximum atomic E-state index is 12.4. The van der Waals surface area contributed by atoms with Gasteiger partial charge >= 0.3 is 11.9 Å². The molecule has 4 nitrogen and oxygen atoms in total. The number of hydrogen-bond donors (Lipinski definition) is 2. The summed E-state index contributed by atoms with van der Waals surface area (Å²) in [5.74, 6) is -1.06. The highest BCUT2D eigenvalue weighted by Gasteiger charge is 2.60. The third kappa shape index (κ3) is 7.15. The summed E-state index contributed by atoms with van der Waals surface area (Å²) in [6.07, 6.45) is 17.6. The molecule has 0 amide bonds. The Hall–Kier alpha value is -1.32. The Kier molecular flexibility index (Phi) is 11.6. The second-order valence-corrected chi connectivity index (χ2v) is 9.52. The molecule has 0 saturated heterocycles. The van der Waals surface area contributed by atoms with Gasteiger partial charge in [0, 0.05) is 0 Å². The summed E-state index contributed by atoms with van der Waals surface area (Å²) >= 11 is 0. The van der Waals surface area contributed by atoms with Gasteiger partial charge in [-0.1, -0.05) is 104 Å². The maximum absolute atomic E-state index is 12.4. The minimum Gasteiger partial charge on any atom is -0.481 e. The molecular weight excluding hydrogens is 364 g/mol. The van der Waals surface area contributed by atoms with Crippen LogP contribution in [0.5, 0.6) is 0 Å². The predicted octanol–water partition coefficient (Wildman–Crippen LogP) is 7.23. The summed E-state index contributed by atoms with van der Waals surface area (Å²) in [6.45, 7) is 6.57. The SMILES string of the molecule is CCCCC1(C(=O)O)CC=CCC1(CCCCCCCCCCC(C)C)C(=O)O. The van der Waals surface area contributed by atoms with E-state index in [0.717, 1.165) is 38.0 Å². The maximum Gasteiger partial charge on any atom is 0.311 e. The van der Waals surface area contributed by atoms with E-state index in [-0.39, 0.29) is 0 Å². The first-order valence-electron chi connectivity index (χ1n) is 11.9. The van der Waals surface area contributed by atoms with Crippen molar-refractivity contribution in [3.8, 4) is 0 Å². The lowest BCUT2D eigenvalue weighted by atomic mass is 9.54. The fourth-order valence-electron chi connectivity index (χ4n) is 4.96. The first-order valence-corrected chi connectivity index (χ1v) is 11.9. The first kappa shape index (κ1) is 25.7. The lowest BCUT2D eigenvalue weighted by molar-refractivity contribution is -0.177. The Morgan fingerprint density at radius 3 is 1.59 bits per heavy atom. The Labute approximate surface area is 178 Å². The Morgan fingerprint density at radius 2 is 1.17 bits per heavy atom. The van der Waals surface area contributed by atoms with Crippen LogP contribution in [0.3, 0.4) is 0 Å². The van der Waals surface area contributed by atoms with E-state index in [0.29, 0.717) is 25.7 Å². The van der Waals surface area contributed by atoms with Gasteiger partial charge in [-0.3, -0.25) is 9.59 Å². The van der Waals surface area contributed by atoms with Crippen molar-refractivity contribution in [2.45, 2.75) is 117 Å². The van der Waals surface area contributed by atoms with E-state index >= 15 is 0 Å². The topological polar surface area (TPSA) is 74.6 Å². The Bertz CT molecular complexity index is 525. The number of rotatable bonds is 16. The third-order valence-electron chi connectivity index (χ3n) is 6.93. The molecule has 2 N–H and O–H groups in total. The molecule has 0 aliphatic heterocycles. The molecule has 2 atom stereocenters. The third-order valence-corrected chi connectivity index (χ3v) is 6.93. The van der Waals surface area contributed by atoms with Crippen molar-refractivity contribution in [3.63, 3.8) is 0 Å². The average molecular weight is 409 g/mol. The van der Waals surface area contributed by atoms with Crippen LogP contribution >= 0.6 is 0 Å². The first-order chi connectivity index (χ1) is 13.8. The second-order valence-electron chi connectivity index (χ2n) is 9.52. The van der Waals surface area contributed by atoms with Gasteiger partial charge in [0.2, 0.25) is 0 Å². The number of carbonyl (C=O) groups is 2. The Morgan fingerprint density at radius 1 is 0.759 bits per heavy atom. The van der Waals surface area contributed by atoms with Crippen molar-refractivity contribution in [2.24, 2.45) is 16.7 Å². The molecule has 1 aliphatic rings. The van der Waals surface area contributed by atoms with Crippen LogP contribution in [0.15, 0.2) is 12.2 Å². The van der Waals surface area contributed by atoms with Crippen molar-refractivity contribution < 1.29 is 19.8 Å². The molecular formula is C25H44O4. The minimum atomic E-state index is -1.17. The van der Waals surface area contributed by atoms with Crippen LogP contribution < -0.4 is 0 Å². The number of hydrogen-bond acceptors (Lipinski definition) is 2. The molecule has 0 saturated carbocycles. The van der Waals surface area contributed by atoms with Gasteiger partial charge in [0.15, 0.2) is 0 Å². The molecule has 0 aromatic carbocycles. The van der Waals surface area contributed by atoms with Gasteiger partial charge in [0.25, 0.3) is 0 Å². The molecule has 0 aromatic rings. The largest absolute Gasteiger partial charge is 0.481 e. The van der Waals surface area contributed by atoms with E-state index in [1.165, 1.54) is 38.5 Å². The van der Waals surface area contributed by atoms with Gasteiger partial charge in [-0.15, -0.1) is 0 Å². The molecule has 0 aromatic heterocycles. The summed E-state index contributed by atoms with van der Waals surface area (Å²) in [4.78, 5) is 24.7. The quantitative estimate of drug-likeness (QED) is 0.209. The number of unbranched alkanes of at least 4 members (excludes halogenated alkanes) is 8. The molecule has 4 heteroatoms. The highest BCUT2D eigenvalue weighted by atomic mass is 16.4. The summed E-state index contributed by atoms with van der Waals surface area (Å²) in [5.41, 5.74) is -2.33. The van der Waals surface area contributed by atoms with E-state index in [4.69, 9.17) is 0 Å². The van der Waals surface area contributed by atoms with Gasteiger partial charge in [-0.05, 0) is 31.6 Å². The summed E-state index contributed by atoms with van der Waals surface area (Å²) in [6, 6.07) is 0. The molecule has 29 heavy (non-hydrogen) atoms. The van der Waals surface area contributed by atoms with Crippen molar-refractivity contribution in [1.29, 1.82) is 0 Å². The van der Waals surface area contributed by atoms with Crippen molar-refractivity contribution >= 4 is 11.9 Å². The van der Waals surface area contributed by atoms with Gasteiger partial charge in [-0.2, -0.15) is 0 Å². The molecule has 1 aliphatic carbocycles. The smallest absolute Gasteiger partial charge is 0.311 e. The van der Waals surface area contributed by atoms with Gasteiger partial charge in [-0.25, -0.2) is 0 Å². The number of carboxylic acids is 2. The summed E-state index contributed by atoms with van der Waals surface area (Å²) < 4.78 is 0. The van der Waals surface area contributed by atoms with Crippen molar-refractivity contribution in [3.05, 3.63) is 12.2 Å². The highest BCUT2D eigenvalue weighted by Crippen LogP contribution is 2.55. The monoisotopic (exact) mass is 408 g/mol. The fourth-order valence-corrected chi connectivity index (χ4v) is 4.96. The Balaban J connectivity index is 2.55. The molecule has 0 bridgehead atoms. The van der Waals surface area contributed by atoms with E-state index in [1.54, 1.807) is 0 Å². The van der Waals surface area contributed by atoms with Crippen LogP contribution in [0.1, 0.15) is 117 Å². The van der Waals surface area contributed by atoms with Crippen LogP contribution in [0, 0.1) is 16.7 Å². The molecule has 0 heterocycles. The average Bonchev–Trinajstić information content (AvgIpc) is 2.67. The van der Waals surface area contributed by atoms with E-state index < -0.39 is 22.8 Å². The lowest BCUT2D eigenvalue weighted by Crippen LogP contribution is -2.53. The predicted molar refractivity (Wildman–Crippen MR) is 119 cm³/mol. The summed E-state index contributed by atoms with van der Waals surface area (Å²) in [7, 11) is 0. The molecule has 2 unspecified atom stereocenters. The normalized spacial score (nSPS) is 24.1. The molecule has 168 valence electrons. The van der Waals surface area contributed by atoms with Gasteiger partial charge < -0.3 is 10.2 Å². The van der Waals surface area contributed by atoms with Crippen LogP contribution in [-0.2, 0) is 9.59 Å². The highest BCUT2D eigenvalue weighted by molar-refractivity contribution is 5.87. The minimum absolute atomic E-state index is 0.338. The molecule has 0 fully saturated rings. The fraction of sp³-hybridized carbons (Fsp3) is 0.840. The number of allylic oxidation sites excluding steroid dienone is 2. The number of aliphatic carboxylic acids is 2.